The zero-order valence-corrected chi connectivity index (χ0v) is 19.2. The molecule has 12 heteroatoms. The van der Waals surface area contributed by atoms with Crippen LogP contribution in [0.4, 0.5) is 22.7 Å². The average molecular weight is 488 g/mol. The molecule has 182 valence electrons. The summed E-state index contributed by atoms with van der Waals surface area (Å²) >= 11 is 0. The van der Waals surface area contributed by atoms with Gasteiger partial charge in [-0.25, -0.2) is 0 Å². The van der Waals surface area contributed by atoms with E-state index in [2.05, 4.69) is 21.1 Å². The third kappa shape index (κ3) is 5.99. The Bertz CT molecular complexity index is 1280. The Labute approximate surface area is 204 Å². The first-order chi connectivity index (χ1) is 17.2. The van der Waals surface area contributed by atoms with E-state index in [0.29, 0.717) is 17.4 Å². The monoisotopic (exact) mass is 488 g/mol. The molecule has 0 aromatic heterocycles. The summed E-state index contributed by atoms with van der Waals surface area (Å²) in [5, 5.41) is 31.2. The lowest BCUT2D eigenvalue weighted by Crippen LogP contribution is -2.19. The van der Waals surface area contributed by atoms with Gasteiger partial charge in [0.2, 0.25) is 11.6 Å². The Hall–Kier alpha value is -5.26. The molecule has 0 aliphatic carbocycles. The third-order valence-electron chi connectivity index (χ3n) is 4.91. The summed E-state index contributed by atoms with van der Waals surface area (Å²) in [4.78, 5) is 47.5. The molecule has 12 nitrogen and oxygen atoms in total. The summed E-state index contributed by atoms with van der Waals surface area (Å²) in [6, 6.07) is 18.7. The molecule has 0 amide bonds. The fourth-order valence-corrected chi connectivity index (χ4v) is 3.06. The molecular weight excluding hydrogens is 468 g/mol. The maximum absolute atomic E-state index is 13.0. The molecule has 0 aliphatic heterocycles. The van der Waals surface area contributed by atoms with E-state index in [0.717, 1.165) is 6.07 Å². The second-order valence-corrected chi connectivity index (χ2v) is 7.41. The molecule has 0 radical (unpaired) electrons. The van der Waals surface area contributed by atoms with Gasteiger partial charge in [-0.15, -0.1) is 0 Å². The molecule has 0 unspecified atom stereocenters. The van der Waals surface area contributed by atoms with Crippen molar-refractivity contribution < 1.29 is 19.4 Å². The molecule has 0 bridgehead atoms. The van der Waals surface area contributed by atoms with Crippen molar-refractivity contribution in [3.63, 3.8) is 0 Å². The second kappa shape index (κ2) is 11.2. The van der Waals surface area contributed by atoms with Crippen LogP contribution in [0.2, 0.25) is 0 Å². The van der Waals surface area contributed by atoms with Gasteiger partial charge in [0.05, 0.1) is 27.3 Å². The van der Waals surface area contributed by atoms with Crippen LogP contribution in [-0.4, -0.2) is 32.8 Å². The molecule has 0 aliphatic rings. The Morgan fingerprint density at radius 1 is 0.667 bits per heavy atom. The predicted octanol–water partition coefficient (Wildman–Crippen LogP) is 4.84. The van der Waals surface area contributed by atoms with E-state index in [1.165, 1.54) is 13.8 Å². The number of nitro benzene ring substituents is 2. The van der Waals surface area contributed by atoms with Gasteiger partial charge in [0.15, 0.2) is 0 Å². The standard InChI is InChI=1S/C24H20N6O6/c1-15(25-27-17-9-5-3-6-10-17)23(31)19-13-20(22(30(35)36)14-21(19)29(33)34)24(32)16(2)26-28-18-11-7-4-8-12-18/h3-14,27-28H,1-2H3. The van der Waals surface area contributed by atoms with Crippen molar-refractivity contribution >= 4 is 45.7 Å². The number of benzene rings is 3. The zero-order valence-electron chi connectivity index (χ0n) is 19.2. The molecule has 2 N–H and O–H groups in total. The number of hydrogen-bond donors (Lipinski definition) is 2. The third-order valence-corrected chi connectivity index (χ3v) is 4.91. The summed E-state index contributed by atoms with van der Waals surface area (Å²) < 4.78 is 0. The Kier molecular flexibility index (Phi) is 7.92. The van der Waals surface area contributed by atoms with Crippen molar-refractivity contribution in [2.45, 2.75) is 13.8 Å². The summed E-state index contributed by atoms with van der Waals surface area (Å²) in [5.41, 5.74) is 3.43. The highest BCUT2D eigenvalue weighted by Gasteiger charge is 2.32. The van der Waals surface area contributed by atoms with E-state index in [9.17, 15) is 29.8 Å². The minimum atomic E-state index is -0.926. The van der Waals surface area contributed by atoms with Crippen LogP contribution in [0, 0.1) is 20.2 Å². The lowest BCUT2D eigenvalue weighted by atomic mass is 9.97. The van der Waals surface area contributed by atoms with E-state index < -0.39 is 43.9 Å². The molecule has 0 saturated heterocycles. The van der Waals surface area contributed by atoms with E-state index in [1.807, 2.05) is 0 Å². The maximum Gasteiger partial charge on any atom is 0.287 e. The number of nitro groups is 2. The molecule has 36 heavy (non-hydrogen) atoms. The molecule has 3 rings (SSSR count). The first-order valence-corrected chi connectivity index (χ1v) is 10.5. The number of carbonyl (C=O) groups excluding carboxylic acids is 2. The highest BCUT2D eigenvalue weighted by Crippen LogP contribution is 2.30. The Morgan fingerprint density at radius 3 is 1.36 bits per heavy atom. The second-order valence-electron chi connectivity index (χ2n) is 7.41. The molecule has 3 aromatic carbocycles. The number of hydrazone groups is 2. The molecular formula is C24H20N6O6. The van der Waals surface area contributed by atoms with Gasteiger partial charge in [-0.05, 0) is 44.2 Å². The molecule has 0 spiro atoms. The number of nitrogens with one attached hydrogen (secondary N) is 2. The normalized spacial score (nSPS) is 11.5. The minimum absolute atomic E-state index is 0.162. The molecule has 3 aromatic rings. The van der Waals surface area contributed by atoms with Crippen LogP contribution in [0.25, 0.3) is 0 Å². The van der Waals surface area contributed by atoms with Gasteiger partial charge >= 0.3 is 0 Å². The zero-order chi connectivity index (χ0) is 26.2. The number of rotatable bonds is 10. The van der Waals surface area contributed by atoms with Crippen molar-refractivity contribution in [3.05, 3.63) is 104 Å². The van der Waals surface area contributed by atoms with E-state index in [1.54, 1.807) is 60.7 Å². The number of carbonyl (C=O) groups is 2. The Balaban J connectivity index is 2.01. The number of hydrogen-bond acceptors (Lipinski definition) is 10. The van der Waals surface area contributed by atoms with E-state index in [-0.39, 0.29) is 11.4 Å². The van der Waals surface area contributed by atoms with Gasteiger partial charge in [0.25, 0.3) is 11.4 Å². The number of ketones is 2. The van der Waals surface area contributed by atoms with Crippen molar-refractivity contribution in [1.82, 2.24) is 0 Å². The van der Waals surface area contributed by atoms with Crippen LogP contribution in [0.1, 0.15) is 34.6 Å². The van der Waals surface area contributed by atoms with Crippen molar-refractivity contribution in [2.24, 2.45) is 10.2 Å². The highest BCUT2D eigenvalue weighted by molar-refractivity contribution is 6.48. The number of para-hydroxylation sites is 2. The van der Waals surface area contributed by atoms with Gasteiger partial charge in [0.1, 0.15) is 22.6 Å². The Morgan fingerprint density at radius 2 is 1.03 bits per heavy atom. The predicted molar refractivity (Wildman–Crippen MR) is 135 cm³/mol. The summed E-state index contributed by atoms with van der Waals surface area (Å²) in [7, 11) is 0. The fourth-order valence-electron chi connectivity index (χ4n) is 3.06. The van der Waals surface area contributed by atoms with Crippen LogP contribution in [0.15, 0.2) is 83.0 Å². The summed E-state index contributed by atoms with van der Waals surface area (Å²) in [6.07, 6.45) is 0. The van der Waals surface area contributed by atoms with Gasteiger partial charge in [0, 0.05) is 0 Å². The first kappa shape index (κ1) is 25.4. The maximum atomic E-state index is 13.0. The lowest BCUT2D eigenvalue weighted by molar-refractivity contribution is -0.394. The lowest BCUT2D eigenvalue weighted by Gasteiger charge is -2.08. The van der Waals surface area contributed by atoms with Crippen molar-refractivity contribution in [3.8, 4) is 0 Å². The fraction of sp³-hybridized carbons (Fsp3) is 0.0833. The minimum Gasteiger partial charge on any atom is -0.287 e. The first-order valence-electron chi connectivity index (χ1n) is 10.5. The largest absolute Gasteiger partial charge is 0.287 e. The van der Waals surface area contributed by atoms with Crippen molar-refractivity contribution in [1.29, 1.82) is 0 Å². The van der Waals surface area contributed by atoms with Gasteiger partial charge in [-0.1, -0.05) is 36.4 Å². The number of nitrogens with zero attached hydrogens (tertiary/aromatic N) is 4. The molecule has 0 heterocycles. The van der Waals surface area contributed by atoms with Crippen LogP contribution < -0.4 is 10.9 Å². The molecule has 0 atom stereocenters. The number of Topliss-reactive ketones (excluding diaryl/α,β-unsaturated/α-hetero) is 2. The average Bonchev–Trinajstić information content (AvgIpc) is 2.89. The SMILES string of the molecule is CC(=NNc1ccccc1)C(=O)c1cc(C(=O)C(C)=NNc2ccccc2)c([N+](=O)[O-])cc1[N+](=O)[O-]. The van der Waals surface area contributed by atoms with Gasteiger partial charge < -0.3 is 0 Å². The number of anilines is 2. The van der Waals surface area contributed by atoms with Crippen LogP contribution in [-0.2, 0) is 0 Å². The van der Waals surface area contributed by atoms with Gasteiger partial charge in [-0.2, -0.15) is 10.2 Å². The van der Waals surface area contributed by atoms with Crippen LogP contribution >= 0.6 is 0 Å². The van der Waals surface area contributed by atoms with Crippen LogP contribution in [0.5, 0.6) is 0 Å². The smallest absolute Gasteiger partial charge is 0.287 e. The van der Waals surface area contributed by atoms with Crippen molar-refractivity contribution in [2.75, 3.05) is 10.9 Å². The quantitative estimate of drug-likeness (QED) is 0.177. The van der Waals surface area contributed by atoms with E-state index in [4.69, 9.17) is 0 Å². The summed E-state index contributed by atoms with van der Waals surface area (Å²) in [5.74, 6) is -1.77. The topological polar surface area (TPSA) is 169 Å². The van der Waals surface area contributed by atoms with E-state index >= 15 is 0 Å². The van der Waals surface area contributed by atoms with Gasteiger partial charge in [-0.3, -0.25) is 40.7 Å². The molecule has 0 fully saturated rings. The molecule has 0 saturated carbocycles. The highest BCUT2D eigenvalue weighted by atomic mass is 16.6. The summed E-state index contributed by atoms with van der Waals surface area (Å²) in [6.45, 7) is 2.64. The van der Waals surface area contributed by atoms with Crippen LogP contribution in [0.3, 0.4) is 0 Å².